The van der Waals surface area contributed by atoms with Crippen LogP contribution in [0.25, 0.3) is 0 Å². The summed E-state index contributed by atoms with van der Waals surface area (Å²) in [6.45, 7) is 6.86. The van der Waals surface area contributed by atoms with Gasteiger partial charge in [0, 0.05) is 25.6 Å². The average molecular weight is 168 g/mol. The van der Waals surface area contributed by atoms with E-state index in [4.69, 9.17) is 10.00 Å². The number of rotatable bonds is 2. The van der Waals surface area contributed by atoms with E-state index < -0.39 is 0 Å². The molecule has 0 amide bonds. The molecule has 3 heteroatoms. The lowest BCUT2D eigenvalue weighted by atomic mass is 10.2. The molecule has 0 bridgehead atoms. The molecule has 1 heterocycles. The van der Waals surface area contributed by atoms with Gasteiger partial charge < -0.3 is 4.74 Å². The molecule has 1 aliphatic heterocycles. The van der Waals surface area contributed by atoms with Crippen LogP contribution in [-0.2, 0) is 4.74 Å². The Morgan fingerprint density at radius 1 is 1.58 bits per heavy atom. The third-order valence-corrected chi connectivity index (χ3v) is 2.25. The van der Waals surface area contributed by atoms with E-state index in [1.807, 2.05) is 0 Å². The summed E-state index contributed by atoms with van der Waals surface area (Å²) in [5.41, 5.74) is 0. The number of ether oxygens (including phenoxy) is 1. The monoisotopic (exact) mass is 168 g/mol. The normalized spacial score (nSPS) is 31.4. The fourth-order valence-corrected chi connectivity index (χ4v) is 1.48. The Bertz CT molecular complexity index is 176. The average Bonchev–Trinajstić information content (AvgIpc) is 2.07. The minimum Gasteiger partial charge on any atom is -0.376 e. The van der Waals surface area contributed by atoms with Gasteiger partial charge in [0.15, 0.2) is 0 Å². The van der Waals surface area contributed by atoms with E-state index in [0.717, 1.165) is 19.7 Å². The minimum absolute atomic E-state index is 0.319. The van der Waals surface area contributed by atoms with Gasteiger partial charge in [0.05, 0.1) is 18.8 Å². The van der Waals surface area contributed by atoms with Crippen molar-refractivity contribution in [3.05, 3.63) is 0 Å². The van der Waals surface area contributed by atoms with Crippen LogP contribution in [0.2, 0.25) is 0 Å². The highest BCUT2D eigenvalue weighted by atomic mass is 16.5. The first kappa shape index (κ1) is 9.50. The van der Waals surface area contributed by atoms with Crippen LogP contribution in [0.3, 0.4) is 0 Å². The number of hydrogen-bond donors (Lipinski definition) is 0. The third kappa shape index (κ3) is 2.47. The van der Waals surface area contributed by atoms with Crippen LogP contribution in [0, 0.1) is 11.3 Å². The Hall–Kier alpha value is -0.590. The molecular weight excluding hydrogens is 152 g/mol. The molecule has 1 aliphatic rings. The lowest BCUT2D eigenvalue weighted by Gasteiger charge is -2.36. The van der Waals surface area contributed by atoms with Gasteiger partial charge in [-0.15, -0.1) is 0 Å². The third-order valence-electron chi connectivity index (χ3n) is 2.25. The highest BCUT2D eigenvalue weighted by molar-refractivity contribution is 4.79. The van der Waals surface area contributed by atoms with Crippen molar-refractivity contribution in [1.29, 1.82) is 5.26 Å². The van der Waals surface area contributed by atoms with E-state index in [9.17, 15) is 0 Å². The van der Waals surface area contributed by atoms with Crippen molar-refractivity contribution in [3.8, 4) is 6.07 Å². The zero-order chi connectivity index (χ0) is 8.97. The van der Waals surface area contributed by atoms with E-state index in [1.165, 1.54) is 0 Å². The second-order valence-corrected chi connectivity index (χ2v) is 3.40. The van der Waals surface area contributed by atoms with Crippen LogP contribution in [0.15, 0.2) is 0 Å². The minimum atomic E-state index is 0.319. The molecule has 1 rings (SSSR count). The van der Waals surface area contributed by atoms with Crippen molar-refractivity contribution >= 4 is 0 Å². The van der Waals surface area contributed by atoms with E-state index in [0.29, 0.717) is 18.6 Å². The Morgan fingerprint density at radius 3 is 3.00 bits per heavy atom. The first-order chi connectivity index (χ1) is 5.74. The summed E-state index contributed by atoms with van der Waals surface area (Å²) >= 11 is 0. The van der Waals surface area contributed by atoms with Gasteiger partial charge in [0.2, 0.25) is 0 Å². The van der Waals surface area contributed by atoms with Gasteiger partial charge in [0.1, 0.15) is 0 Å². The van der Waals surface area contributed by atoms with Gasteiger partial charge in [0.25, 0.3) is 0 Å². The molecule has 1 fully saturated rings. The molecule has 1 saturated heterocycles. The van der Waals surface area contributed by atoms with Crippen molar-refractivity contribution < 1.29 is 4.74 Å². The fourth-order valence-electron chi connectivity index (χ4n) is 1.48. The second-order valence-electron chi connectivity index (χ2n) is 3.40. The van der Waals surface area contributed by atoms with Crippen molar-refractivity contribution in [3.63, 3.8) is 0 Å². The van der Waals surface area contributed by atoms with Crippen LogP contribution in [0.1, 0.15) is 20.3 Å². The number of nitriles is 1. The van der Waals surface area contributed by atoms with Crippen molar-refractivity contribution in [2.75, 3.05) is 19.7 Å². The molecule has 0 aliphatic carbocycles. The van der Waals surface area contributed by atoms with Gasteiger partial charge in [-0.05, 0) is 13.8 Å². The number of nitrogens with zero attached hydrogens (tertiary/aromatic N) is 2. The first-order valence-corrected chi connectivity index (χ1v) is 4.46. The van der Waals surface area contributed by atoms with Crippen molar-refractivity contribution in [2.45, 2.75) is 32.4 Å². The summed E-state index contributed by atoms with van der Waals surface area (Å²) in [4.78, 5) is 2.32. The lowest BCUT2D eigenvalue weighted by Crippen LogP contribution is -2.47. The molecule has 0 aromatic carbocycles. The Balaban J connectivity index is 2.34. The Morgan fingerprint density at radius 2 is 2.33 bits per heavy atom. The van der Waals surface area contributed by atoms with Gasteiger partial charge >= 0.3 is 0 Å². The maximum absolute atomic E-state index is 8.44. The SMILES string of the molecule is CC1CN(CCC#N)C(C)CO1. The first-order valence-electron chi connectivity index (χ1n) is 4.46. The lowest BCUT2D eigenvalue weighted by molar-refractivity contribution is -0.0483. The summed E-state index contributed by atoms with van der Waals surface area (Å²) in [6.07, 6.45) is 0.941. The van der Waals surface area contributed by atoms with E-state index >= 15 is 0 Å². The quantitative estimate of drug-likeness (QED) is 0.617. The largest absolute Gasteiger partial charge is 0.376 e. The van der Waals surface area contributed by atoms with Gasteiger partial charge in [-0.3, -0.25) is 4.90 Å². The second kappa shape index (κ2) is 4.44. The van der Waals surface area contributed by atoms with E-state index in [2.05, 4.69) is 24.8 Å². The zero-order valence-corrected chi connectivity index (χ0v) is 7.79. The number of hydrogen-bond acceptors (Lipinski definition) is 3. The Labute approximate surface area is 73.9 Å². The standard InChI is InChI=1S/C9H16N2O/c1-8-7-12-9(2)6-11(8)5-3-4-10/h8-9H,3,5-7H2,1-2H3. The van der Waals surface area contributed by atoms with Crippen molar-refractivity contribution in [1.82, 2.24) is 4.90 Å². The Kier molecular flexibility index (Phi) is 3.51. The number of morpholine rings is 1. The van der Waals surface area contributed by atoms with Gasteiger partial charge in [-0.25, -0.2) is 0 Å². The van der Waals surface area contributed by atoms with Gasteiger partial charge in [-0.2, -0.15) is 5.26 Å². The van der Waals surface area contributed by atoms with E-state index in [-0.39, 0.29) is 0 Å². The van der Waals surface area contributed by atoms with Gasteiger partial charge in [-0.1, -0.05) is 0 Å². The molecular formula is C9H16N2O. The smallest absolute Gasteiger partial charge is 0.0674 e. The predicted octanol–water partition coefficient (Wildman–Crippen LogP) is 1.01. The maximum Gasteiger partial charge on any atom is 0.0674 e. The molecule has 0 N–H and O–H groups in total. The summed E-state index contributed by atoms with van der Waals surface area (Å²) in [5, 5.41) is 8.44. The molecule has 68 valence electrons. The van der Waals surface area contributed by atoms with Crippen LogP contribution in [0.5, 0.6) is 0 Å². The molecule has 12 heavy (non-hydrogen) atoms. The fraction of sp³-hybridized carbons (Fsp3) is 0.889. The molecule has 0 radical (unpaired) electrons. The molecule has 0 saturated carbocycles. The highest BCUT2D eigenvalue weighted by Gasteiger charge is 2.22. The molecule has 2 unspecified atom stereocenters. The summed E-state index contributed by atoms with van der Waals surface area (Å²) in [6, 6.07) is 2.64. The van der Waals surface area contributed by atoms with E-state index in [1.54, 1.807) is 0 Å². The van der Waals surface area contributed by atoms with Crippen LogP contribution < -0.4 is 0 Å². The highest BCUT2D eigenvalue weighted by Crippen LogP contribution is 2.10. The molecule has 0 aromatic heterocycles. The summed E-state index contributed by atoms with van der Waals surface area (Å²) in [5.74, 6) is 0. The van der Waals surface area contributed by atoms with Crippen LogP contribution >= 0.6 is 0 Å². The van der Waals surface area contributed by atoms with Crippen molar-refractivity contribution in [2.24, 2.45) is 0 Å². The van der Waals surface area contributed by atoms with Crippen LogP contribution in [0.4, 0.5) is 0 Å². The summed E-state index contributed by atoms with van der Waals surface area (Å²) in [7, 11) is 0. The zero-order valence-electron chi connectivity index (χ0n) is 7.79. The molecule has 2 atom stereocenters. The predicted molar refractivity (Wildman–Crippen MR) is 46.7 cm³/mol. The topological polar surface area (TPSA) is 36.3 Å². The molecule has 3 nitrogen and oxygen atoms in total. The van der Waals surface area contributed by atoms with Crippen LogP contribution in [-0.4, -0.2) is 36.7 Å². The molecule has 0 spiro atoms. The molecule has 0 aromatic rings. The maximum atomic E-state index is 8.44. The summed E-state index contributed by atoms with van der Waals surface area (Å²) < 4.78 is 5.48.